The number of ether oxygens (including phenoxy) is 1. The summed E-state index contributed by atoms with van der Waals surface area (Å²) in [4.78, 5) is 18.7. The van der Waals surface area contributed by atoms with E-state index in [1.165, 1.54) is 4.90 Å². The van der Waals surface area contributed by atoms with E-state index in [1.54, 1.807) is 6.92 Å². The molecule has 0 aromatic rings. The van der Waals surface area contributed by atoms with Crippen LogP contribution >= 0.6 is 0 Å². The van der Waals surface area contributed by atoms with Crippen LogP contribution in [-0.4, -0.2) is 61.1 Å². The maximum Gasteiger partial charge on any atom is 0.304 e. The lowest BCUT2D eigenvalue weighted by atomic mass is 9.62. The molecular formula is C22H30F3N3O2. The zero-order valence-electron chi connectivity index (χ0n) is 17.8. The molecule has 2 aliphatic heterocycles. The Morgan fingerprint density at radius 3 is 2.63 bits per heavy atom. The number of nitrogens with zero attached hydrogens (tertiary/aromatic N) is 2. The number of amidine groups is 1. The molecule has 4 atom stereocenters. The second-order valence-electron chi connectivity index (χ2n) is 9.56. The second-order valence-corrected chi connectivity index (χ2v) is 9.56. The summed E-state index contributed by atoms with van der Waals surface area (Å²) in [6.07, 6.45) is 0.380. The van der Waals surface area contributed by atoms with Gasteiger partial charge in [-0.1, -0.05) is 20.4 Å². The highest BCUT2D eigenvalue weighted by Gasteiger charge is 2.72. The van der Waals surface area contributed by atoms with E-state index in [0.717, 1.165) is 12.6 Å². The molecule has 3 fully saturated rings. The summed E-state index contributed by atoms with van der Waals surface area (Å²) < 4.78 is 52.6. The van der Waals surface area contributed by atoms with Crippen molar-refractivity contribution < 1.29 is 22.7 Å². The van der Waals surface area contributed by atoms with Gasteiger partial charge in [-0.3, -0.25) is 4.79 Å². The number of amides is 1. The molecule has 166 valence electrons. The number of hydrogen-bond acceptors (Lipinski definition) is 4. The predicted molar refractivity (Wildman–Crippen MR) is 108 cm³/mol. The Bertz CT molecular complexity index is 816. The first kappa shape index (κ1) is 21.4. The third-order valence-corrected chi connectivity index (χ3v) is 8.07. The quantitative estimate of drug-likeness (QED) is 0.700. The van der Waals surface area contributed by atoms with Crippen molar-refractivity contribution in [1.82, 2.24) is 10.2 Å². The second kappa shape index (κ2) is 7.11. The van der Waals surface area contributed by atoms with Crippen LogP contribution in [0, 0.1) is 16.7 Å². The van der Waals surface area contributed by atoms with E-state index in [-0.39, 0.29) is 24.6 Å². The molecule has 5 nitrogen and oxygen atoms in total. The molecule has 1 N–H and O–H groups in total. The molecule has 4 aliphatic rings. The molecule has 4 rings (SSSR count). The summed E-state index contributed by atoms with van der Waals surface area (Å²) in [7, 11) is 0. The number of aliphatic imine (C=N–C) groups is 1. The molecule has 1 unspecified atom stereocenters. The summed E-state index contributed by atoms with van der Waals surface area (Å²) in [6, 6.07) is -0.437. The Morgan fingerprint density at radius 2 is 2.00 bits per heavy atom. The van der Waals surface area contributed by atoms with Crippen LogP contribution in [0.2, 0.25) is 0 Å². The molecule has 0 aromatic carbocycles. The molecular weight excluding hydrogens is 395 g/mol. The highest BCUT2D eigenvalue weighted by molar-refractivity contribution is 5.98. The van der Waals surface area contributed by atoms with Gasteiger partial charge in [0, 0.05) is 36.3 Å². The van der Waals surface area contributed by atoms with E-state index in [1.807, 2.05) is 13.8 Å². The minimum Gasteiger partial charge on any atom is -0.378 e. The van der Waals surface area contributed by atoms with Crippen LogP contribution in [0.3, 0.4) is 0 Å². The van der Waals surface area contributed by atoms with Gasteiger partial charge < -0.3 is 15.0 Å². The molecule has 2 bridgehead atoms. The average Bonchev–Trinajstić information content (AvgIpc) is 3.09. The molecule has 2 saturated carbocycles. The van der Waals surface area contributed by atoms with Gasteiger partial charge in [-0.05, 0) is 37.5 Å². The molecule has 2 heterocycles. The van der Waals surface area contributed by atoms with E-state index in [9.17, 15) is 4.79 Å². The number of hydrogen-bond donors (Lipinski definition) is 1. The molecule has 30 heavy (non-hydrogen) atoms. The minimum atomic E-state index is -3.88. The summed E-state index contributed by atoms with van der Waals surface area (Å²) in [5.74, 6) is -3.85. The summed E-state index contributed by atoms with van der Waals surface area (Å²) in [5, 5.41) is 3.21. The van der Waals surface area contributed by atoms with Crippen molar-refractivity contribution in [2.24, 2.45) is 21.7 Å². The highest BCUT2D eigenvalue weighted by atomic mass is 19.3. The Balaban J connectivity index is 1.78. The van der Waals surface area contributed by atoms with Gasteiger partial charge in [-0.2, -0.15) is 8.78 Å². The number of carbonyl (C=O) groups is 1. The normalized spacial score (nSPS) is 41.2. The highest BCUT2D eigenvalue weighted by Crippen LogP contribution is 2.69. The van der Waals surface area contributed by atoms with Crippen molar-refractivity contribution in [3.05, 3.63) is 23.9 Å². The summed E-state index contributed by atoms with van der Waals surface area (Å²) in [5.41, 5.74) is -2.99. The van der Waals surface area contributed by atoms with Gasteiger partial charge in [0.1, 0.15) is 0 Å². The van der Waals surface area contributed by atoms with Crippen LogP contribution in [0.4, 0.5) is 13.2 Å². The monoisotopic (exact) mass is 425 g/mol. The first-order valence-electron chi connectivity index (χ1n) is 10.6. The molecule has 1 saturated heterocycles. The molecule has 0 aromatic heterocycles. The first-order chi connectivity index (χ1) is 14.0. The summed E-state index contributed by atoms with van der Waals surface area (Å²) >= 11 is 0. The van der Waals surface area contributed by atoms with Crippen LogP contribution in [0.5, 0.6) is 0 Å². The Hall–Kier alpha value is -1.83. The van der Waals surface area contributed by atoms with Crippen molar-refractivity contribution in [1.29, 1.82) is 0 Å². The van der Waals surface area contributed by atoms with Crippen molar-refractivity contribution in [3.8, 4) is 0 Å². The SMILES string of the molecule is C=C1/C(C(=O)N2CCOCC2)=C\N=C(/C)N[C@H]2C[C@H]3CC[C@]2(C(F)C1(F)F)C3(C)C. The van der Waals surface area contributed by atoms with Gasteiger partial charge >= 0.3 is 5.92 Å². The van der Waals surface area contributed by atoms with E-state index in [2.05, 4.69) is 16.9 Å². The fourth-order valence-electron chi connectivity index (χ4n) is 6.13. The van der Waals surface area contributed by atoms with E-state index in [4.69, 9.17) is 4.74 Å². The largest absolute Gasteiger partial charge is 0.378 e. The molecule has 1 amide bonds. The topological polar surface area (TPSA) is 53.9 Å². The van der Waals surface area contributed by atoms with Gasteiger partial charge in [0.2, 0.25) is 0 Å². The molecule has 1 spiro atoms. The number of carbonyl (C=O) groups excluding carboxylic acids is 1. The van der Waals surface area contributed by atoms with Crippen LogP contribution in [0.25, 0.3) is 0 Å². The standard InChI is InChI=1S/C22H30F3N3O2/c1-13-16(18(29)28-7-9-30-10-8-28)12-26-14(2)27-17-11-15-5-6-21(17,20(15,3)4)19(23)22(13,24)25/h12,15,17,19H,1,5-11H2,2-4H3,(H,26,27)/b16-12+/t15-,17+,19?,21+/m1/s1. The lowest BCUT2D eigenvalue weighted by Crippen LogP contribution is -2.59. The van der Waals surface area contributed by atoms with Crippen molar-refractivity contribution in [2.75, 3.05) is 26.3 Å². The van der Waals surface area contributed by atoms with Gasteiger partial charge in [0.15, 0.2) is 6.17 Å². The lowest BCUT2D eigenvalue weighted by Gasteiger charge is -2.48. The first-order valence-corrected chi connectivity index (χ1v) is 10.6. The van der Waals surface area contributed by atoms with E-state index >= 15 is 13.2 Å². The van der Waals surface area contributed by atoms with Crippen molar-refractivity contribution >= 4 is 11.7 Å². The third kappa shape index (κ3) is 2.86. The summed E-state index contributed by atoms with van der Waals surface area (Å²) in [6.45, 7) is 10.3. The zero-order valence-corrected chi connectivity index (χ0v) is 17.8. The van der Waals surface area contributed by atoms with Gasteiger partial charge in [-0.15, -0.1) is 0 Å². The predicted octanol–water partition coefficient (Wildman–Crippen LogP) is 3.48. The van der Waals surface area contributed by atoms with Gasteiger partial charge in [0.05, 0.1) is 24.6 Å². The van der Waals surface area contributed by atoms with Gasteiger partial charge in [-0.25, -0.2) is 9.38 Å². The number of alkyl halides is 3. The van der Waals surface area contributed by atoms with Crippen LogP contribution < -0.4 is 5.32 Å². The van der Waals surface area contributed by atoms with E-state index in [0.29, 0.717) is 31.9 Å². The zero-order chi connectivity index (χ0) is 21.9. The van der Waals surface area contributed by atoms with Crippen molar-refractivity contribution in [3.63, 3.8) is 0 Å². The van der Waals surface area contributed by atoms with Crippen LogP contribution in [0.15, 0.2) is 28.9 Å². The van der Waals surface area contributed by atoms with Crippen LogP contribution in [-0.2, 0) is 9.53 Å². The third-order valence-electron chi connectivity index (χ3n) is 8.07. The van der Waals surface area contributed by atoms with Gasteiger partial charge in [0.25, 0.3) is 5.91 Å². The van der Waals surface area contributed by atoms with Crippen LogP contribution in [0.1, 0.15) is 40.0 Å². The number of fused-ring (bicyclic) bond motifs is 1. The smallest absolute Gasteiger partial charge is 0.304 e. The molecule has 2 aliphatic carbocycles. The fourth-order valence-corrected chi connectivity index (χ4v) is 6.13. The lowest BCUT2D eigenvalue weighted by molar-refractivity contribution is -0.136. The van der Waals surface area contributed by atoms with E-state index < -0.39 is 40.4 Å². The Labute approximate surface area is 175 Å². The number of halogens is 3. The number of morpholine rings is 1. The van der Waals surface area contributed by atoms with Crippen molar-refractivity contribution in [2.45, 2.75) is 58.2 Å². The Kier molecular flexibility index (Phi) is 5.07. The number of rotatable bonds is 1. The molecule has 0 radical (unpaired) electrons. The number of nitrogens with one attached hydrogen (secondary N) is 1. The fraction of sp³-hybridized carbons (Fsp3) is 0.727. The maximum absolute atomic E-state index is 16.0. The minimum absolute atomic E-state index is 0.160. The molecule has 8 heteroatoms. The maximum atomic E-state index is 16.0. The Morgan fingerprint density at radius 1 is 1.33 bits per heavy atom. The average molecular weight is 425 g/mol.